The average Bonchev–Trinajstić information content (AvgIpc) is 2.66. The van der Waals surface area contributed by atoms with E-state index in [0.717, 1.165) is 4.90 Å². The molecule has 1 aromatic rings. The number of hydrogen-bond acceptors (Lipinski definition) is 5. The van der Waals surface area contributed by atoms with E-state index in [4.69, 9.17) is 5.73 Å². The lowest BCUT2D eigenvalue weighted by Crippen LogP contribution is -2.40. The topological polar surface area (TPSA) is 110 Å². The van der Waals surface area contributed by atoms with E-state index in [-0.39, 0.29) is 17.4 Å². The number of rotatable bonds is 4. The lowest BCUT2D eigenvalue weighted by atomic mass is 10.1. The Bertz CT molecular complexity index is 684. The minimum Gasteiger partial charge on any atom is -0.324 e. The highest BCUT2D eigenvalue weighted by molar-refractivity contribution is 7.89. The van der Waals surface area contributed by atoms with Gasteiger partial charge in [0.2, 0.25) is 21.8 Å². The van der Waals surface area contributed by atoms with Crippen molar-refractivity contribution in [3.63, 3.8) is 0 Å². The van der Waals surface area contributed by atoms with Crippen LogP contribution in [0.15, 0.2) is 29.2 Å². The fraction of sp³-hybridized carbons (Fsp3) is 0.385. The number of amides is 2. The van der Waals surface area contributed by atoms with Gasteiger partial charge < -0.3 is 5.73 Å². The third-order valence-electron chi connectivity index (χ3n) is 3.37. The molecule has 0 spiro atoms. The van der Waals surface area contributed by atoms with Gasteiger partial charge in [-0.05, 0) is 24.6 Å². The lowest BCUT2D eigenvalue weighted by Gasteiger charge is -2.13. The maximum atomic E-state index is 12.3. The Morgan fingerprint density at radius 3 is 2.57 bits per heavy atom. The summed E-state index contributed by atoms with van der Waals surface area (Å²) in [5, 5.41) is 0. The molecule has 0 radical (unpaired) electrons. The zero-order valence-corrected chi connectivity index (χ0v) is 12.6. The average molecular weight is 311 g/mol. The summed E-state index contributed by atoms with van der Waals surface area (Å²) in [7, 11) is -2.56. The SMILES string of the molecule is CC(N)c1cccc(S(=O)(=O)NC2CC(=O)N(C)C2=O)c1. The zero-order valence-electron chi connectivity index (χ0n) is 11.7. The molecule has 2 rings (SSSR count). The highest BCUT2D eigenvalue weighted by Crippen LogP contribution is 2.18. The molecule has 7 nitrogen and oxygen atoms in total. The standard InChI is InChI=1S/C13H17N3O4S/c1-8(14)9-4-3-5-10(6-9)21(19,20)15-11-7-12(17)16(2)13(11)18/h3-6,8,11,15H,7,14H2,1-2H3. The number of imide groups is 1. The molecule has 0 aromatic heterocycles. The van der Waals surface area contributed by atoms with E-state index >= 15 is 0 Å². The van der Waals surface area contributed by atoms with Crippen LogP contribution in [-0.2, 0) is 19.6 Å². The van der Waals surface area contributed by atoms with Crippen molar-refractivity contribution in [2.45, 2.75) is 30.3 Å². The fourth-order valence-corrected chi connectivity index (χ4v) is 3.31. The summed E-state index contributed by atoms with van der Waals surface area (Å²) in [6, 6.07) is 4.83. The van der Waals surface area contributed by atoms with Crippen molar-refractivity contribution >= 4 is 21.8 Å². The number of nitrogens with two attached hydrogens (primary N) is 1. The summed E-state index contributed by atoms with van der Waals surface area (Å²) in [4.78, 5) is 24.1. The quantitative estimate of drug-likeness (QED) is 0.745. The van der Waals surface area contributed by atoms with Crippen molar-refractivity contribution in [3.05, 3.63) is 29.8 Å². The molecule has 1 aromatic carbocycles. The second-order valence-corrected chi connectivity index (χ2v) is 6.74. The summed E-state index contributed by atoms with van der Waals surface area (Å²) in [5.41, 5.74) is 6.40. The van der Waals surface area contributed by atoms with Crippen molar-refractivity contribution in [3.8, 4) is 0 Å². The van der Waals surface area contributed by atoms with Crippen LogP contribution in [0.1, 0.15) is 24.9 Å². The van der Waals surface area contributed by atoms with E-state index in [2.05, 4.69) is 4.72 Å². The summed E-state index contributed by atoms with van der Waals surface area (Å²) < 4.78 is 26.8. The molecule has 1 aliphatic heterocycles. The first-order chi connectivity index (χ1) is 9.72. The maximum absolute atomic E-state index is 12.3. The third kappa shape index (κ3) is 3.12. The van der Waals surface area contributed by atoms with Crippen LogP contribution in [0, 0.1) is 0 Å². The van der Waals surface area contributed by atoms with Gasteiger partial charge in [-0.2, -0.15) is 4.72 Å². The summed E-state index contributed by atoms with van der Waals surface area (Å²) >= 11 is 0. The first kappa shape index (κ1) is 15.6. The van der Waals surface area contributed by atoms with Crippen molar-refractivity contribution < 1.29 is 18.0 Å². The van der Waals surface area contributed by atoms with Crippen LogP contribution in [0.4, 0.5) is 0 Å². The van der Waals surface area contributed by atoms with E-state index in [1.165, 1.54) is 19.2 Å². The van der Waals surface area contributed by atoms with Gasteiger partial charge in [-0.25, -0.2) is 8.42 Å². The smallest absolute Gasteiger partial charge is 0.247 e. The number of likely N-dealkylation sites (tertiary alicyclic amines) is 1. The van der Waals surface area contributed by atoms with Gasteiger partial charge in [0.1, 0.15) is 6.04 Å². The molecule has 1 aliphatic rings. The van der Waals surface area contributed by atoms with E-state index in [1.54, 1.807) is 19.1 Å². The van der Waals surface area contributed by atoms with Crippen LogP contribution < -0.4 is 10.5 Å². The Labute approximate surface area is 123 Å². The fourth-order valence-electron chi connectivity index (χ4n) is 2.07. The second kappa shape index (κ2) is 5.55. The normalized spacial score (nSPS) is 20.9. The summed E-state index contributed by atoms with van der Waals surface area (Å²) in [5.74, 6) is -0.955. The molecule has 2 amide bonds. The Morgan fingerprint density at radius 2 is 2.05 bits per heavy atom. The summed E-state index contributed by atoms with van der Waals surface area (Å²) in [6.45, 7) is 1.74. The minimum absolute atomic E-state index is 0.0205. The van der Waals surface area contributed by atoms with Gasteiger partial charge in [-0.3, -0.25) is 14.5 Å². The first-order valence-electron chi connectivity index (χ1n) is 6.40. The van der Waals surface area contributed by atoms with Crippen LogP contribution in [0.5, 0.6) is 0 Å². The molecule has 114 valence electrons. The maximum Gasteiger partial charge on any atom is 0.247 e. The Hall–Kier alpha value is -1.77. The van der Waals surface area contributed by atoms with Gasteiger partial charge >= 0.3 is 0 Å². The molecule has 21 heavy (non-hydrogen) atoms. The number of benzene rings is 1. The minimum atomic E-state index is -3.88. The molecule has 8 heteroatoms. The second-order valence-electron chi connectivity index (χ2n) is 5.03. The molecule has 1 heterocycles. The molecule has 0 bridgehead atoms. The van der Waals surface area contributed by atoms with Gasteiger partial charge in [0.05, 0.1) is 11.3 Å². The van der Waals surface area contributed by atoms with Crippen LogP contribution in [0.25, 0.3) is 0 Å². The molecular weight excluding hydrogens is 294 g/mol. The van der Waals surface area contributed by atoms with E-state index in [0.29, 0.717) is 5.56 Å². The van der Waals surface area contributed by atoms with Crippen molar-refractivity contribution in [2.24, 2.45) is 5.73 Å². The van der Waals surface area contributed by atoms with Crippen LogP contribution in [-0.4, -0.2) is 38.2 Å². The van der Waals surface area contributed by atoms with Crippen molar-refractivity contribution in [1.82, 2.24) is 9.62 Å². The molecule has 0 saturated carbocycles. The highest BCUT2D eigenvalue weighted by atomic mass is 32.2. The molecule has 2 unspecified atom stereocenters. The van der Waals surface area contributed by atoms with E-state index in [9.17, 15) is 18.0 Å². The van der Waals surface area contributed by atoms with Crippen molar-refractivity contribution in [2.75, 3.05) is 7.05 Å². The number of carbonyl (C=O) groups excluding carboxylic acids is 2. The lowest BCUT2D eigenvalue weighted by molar-refractivity contribution is -0.137. The van der Waals surface area contributed by atoms with Crippen LogP contribution in [0.2, 0.25) is 0 Å². The summed E-state index contributed by atoms with van der Waals surface area (Å²) in [6.07, 6.45) is -0.165. The molecule has 2 atom stereocenters. The van der Waals surface area contributed by atoms with Gasteiger partial charge in [0.15, 0.2) is 0 Å². The number of hydrogen-bond donors (Lipinski definition) is 2. The molecule has 0 aliphatic carbocycles. The number of nitrogens with zero attached hydrogens (tertiary/aromatic N) is 1. The van der Waals surface area contributed by atoms with E-state index < -0.39 is 27.9 Å². The highest BCUT2D eigenvalue weighted by Gasteiger charge is 2.38. The number of likely N-dealkylation sites (N-methyl/N-ethyl adjacent to an activating group) is 1. The van der Waals surface area contributed by atoms with Crippen LogP contribution in [0.3, 0.4) is 0 Å². The number of sulfonamides is 1. The monoisotopic (exact) mass is 311 g/mol. The third-order valence-corrected chi connectivity index (χ3v) is 4.84. The predicted octanol–water partition coefficient (Wildman–Crippen LogP) is -0.258. The largest absolute Gasteiger partial charge is 0.324 e. The van der Waals surface area contributed by atoms with Gasteiger partial charge in [-0.1, -0.05) is 12.1 Å². The predicted molar refractivity (Wildman–Crippen MR) is 75.5 cm³/mol. The Kier molecular flexibility index (Phi) is 4.13. The van der Waals surface area contributed by atoms with Gasteiger partial charge in [0, 0.05) is 13.1 Å². The molecule has 3 N–H and O–H groups in total. The van der Waals surface area contributed by atoms with Gasteiger partial charge in [0.25, 0.3) is 0 Å². The van der Waals surface area contributed by atoms with Crippen molar-refractivity contribution in [1.29, 1.82) is 0 Å². The first-order valence-corrected chi connectivity index (χ1v) is 7.89. The number of carbonyl (C=O) groups is 2. The molecular formula is C13H17N3O4S. The molecule has 1 fully saturated rings. The van der Waals surface area contributed by atoms with Gasteiger partial charge in [-0.15, -0.1) is 0 Å². The van der Waals surface area contributed by atoms with Crippen LogP contribution >= 0.6 is 0 Å². The zero-order chi connectivity index (χ0) is 15.8. The number of nitrogens with one attached hydrogen (secondary N) is 1. The molecule has 1 saturated heterocycles. The van der Waals surface area contributed by atoms with E-state index in [1.807, 2.05) is 0 Å². The Morgan fingerprint density at radius 1 is 1.38 bits per heavy atom. The Balaban J connectivity index is 2.25.